The Morgan fingerprint density at radius 3 is 1.40 bits per heavy atom. The minimum atomic E-state index is -0.0666. The first-order chi connectivity index (χ1) is 21.8. The lowest BCUT2D eigenvalue weighted by atomic mass is 9.81. The van der Waals surface area contributed by atoms with Gasteiger partial charge in [0.15, 0.2) is 0 Å². The molecule has 0 atom stereocenters. The average Bonchev–Trinajstić information content (AvgIpc) is 3.77. The second kappa shape index (κ2) is 11.5. The van der Waals surface area contributed by atoms with Crippen LogP contribution in [0.25, 0.3) is 23.3 Å². The highest BCUT2D eigenvalue weighted by Crippen LogP contribution is 2.38. The van der Waals surface area contributed by atoms with Crippen molar-refractivity contribution in [3.8, 4) is 0 Å². The van der Waals surface area contributed by atoms with E-state index in [0.717, 1.165) is 79.8 Å². The van der Waals surface area contributed by atoms with E-state index in [1.54, 1.807) is 0 Å². The van der Waals surface area contributed by atoms with Crippen molar-refractivity contribution in [3.05, 3.63) is 164 Å². The number of hydrogen-bond acceptors (Lipinski definition) is 2. The first-order valence-corrected chi connectivity index (χ1v) is 16.0. The van der Waals surface area contributed by atoms with Crippen LogP contribution in [0.5, 0.6) is 0 Å². The van der Waals surface area contributed by atoms with Crippen LogP contribution < -0.4 is 10.7 Å². The van der Waals surface area contributed by atoms with Crippen LogP contribution in [0.4, 0.5) is 0 Å². The van der Waals surface area contributed by atoms with E-state index < -0.39 is 0 Å². The molecule has 0 saturated heterocycles. The lowest BCUT2D eigenvalue weighted by Crippen LogP contribution is -2.14. The van der Waals surface area contributed by atoms with Gasteiger partial charge in [0.25, 0.3) is 0 Å². The Labute approximate surface area is 266 Å². The molecule has 0 fully saturated rings. The molecule has 45 heavy (non-hydrogen) atoms. The Bertz CT molecular complexity index is 1980. The molecule has 0 amide bonds. The Morgan fingerprint density at radius 2 is 1.00 bits per heavy atom. The highest BCUT2D eigenvalue weighted by Gasteiger charge is 2.23. The molecule has 8 bridgehead atoms. The van der Waals surface area contributed by atoms with E-state index in [9.17, 15) is 0 Å². The summed E-state index contributed by atoms with van der Waals surface area (Å²) >= 11 is 0. The fourth-order valence-electron chi connectivity index (χ4n) is 6.65. The molecule has 0 saturated carbocycles. The summed E-state index contributed by atoms with van der Waals surface area (Å²) in [5, 5.41) is 2.25. The number of hydrogen-bond donors (Lipinski definition) is 1. The number of aromatic nitrogens is 1. The minimum Gasteiger partial charge on any atom is -0.355 e. The molecule has 7 rings (SSSR count). The molecule has 3 aliphatic rings. The largest absolute Gasteiger partial charge is 0.355 e. The van der Waals surface area contributed by atoms with E-state index in [4.69, 9.17) is 9.98 Å². The molecule has 3 heteroatoms. The monoisotopic (exact) mass is 585 g/mol. The van der Waals surface area contributed by atoms with Gasteiger partial charge >= 0.3 is 0 Å². The molecule has 0 unspecified atom stereocenters. The molecule has 1 aromatic heterocycles. The molecule has 222 valence electrons. The Kier molecular flexibility index (Phi) is 7.33. The zero-order valence-corrected chi connectivity index (χ0v) is 26.8. The fourth-order valence-corrected chi connectivity index (χ4v) is 6.65. The number of rotatable bonds is 4. The van der Waals surface area contributed by atoms with Crippen LogP contribution >= 0.6 is 0 Å². The molecule has 3 aliphatic heterocycles. The zero-order valence-electron chi connectivity index (χ0n) is 26.8. The summed E-state index contributed by atoms with van der Waals surface area (Å²) in [6.45, 7) is 11.3. The topological polar surface area (TPSA) is 40.5 Å². The van der Waals surface area contributed by atoms with Crippen molar-refractivity contribution in [2.45, 2.75) is 52.9 Å². The molecular formula is C42H39N3. The van der Waals surface area contributed by atoms with E-state index in [2.05, 4.69) is 155 Å². The SMILES string of the molecule is CCc1c(CC)c2[nH]c1=CC1=NC(=C(c3ccccc3)c3cc(cc(C(C)(C)C)c3)C(c3ccccc3)=C3C=CC(=N3)C=2)C=C1. The minimum absolute atomic E-state index is 0.0666. The average molecular weight is 586 g/mol. The van der Waals surface area contributed by atoms with Crippen molar-refractivity contribution < 1.29 is 0 Å². The van der Waals surface area contributed by atoms with E-state index in [0.29, 0.717) is 0 Å². The third-order valence-electron chi connectivity index (χ3n) is 8.91. The molecule has 4 heterocycles. The van der Waals surface area contributed by atoms with E-state index in [1.807, 2.05) is 0 Å². The van der Waals surface area contributed by atoms with Gasteiger partial charge in [-0.25, -0.2) is 9.98 Å². The van der Waals surface area contributed by atoms with Gasteiger partial charge in [0.1, 0.15) is 0 Å². The van der Waals surface area contributed by atoms with Gasteiger partial charge in [-0.3, -0.25) is 0 Å². The second-order valence-corrected chi connectivity index (χ2v) is 12.9. The summed E-state index contributed by atoms with van der Waals surface area (Å²) in [6, 6.07) is 28.4. The van der Waals surface area contributed by atoms with Crippen molar-refractivity contribution in [3.63, 3.8) is 0 Å². The van der Waals surface area contributed by atoms with Gasteiger partial charge in [-0.15, -0.1) is 0 Å². The summed E-state index contributed by atoms with van der Waals surface area (Å²) < 4.78 is 0. The highest BCUT2D eigenvalue weighted by molar-refractivity contribution is 6.21. The van der Waals surface area contributed by atoms with Gasteiger partial charge < -0.3 is 4.98 Å². The van der Waals surface area contributed by atoms with E-state index in [-0.39, 0.29) is 5.41 Å². The predicted octanol–water partition coefficient (Wildman–Crippen LogP) is 8.25. The standard InChI is InChI=1S/C42H39N3/c1-6-34-35(7-2)39-26-33-19-21-37(44-33)41(28-16-12-9-13-17-28)30-22-29(23-31(24-30)42(3,4)5)40(27-14-10-8-11-15-27)36-20-18-32(43-36)25-38(34)45-39/h8-26,45H,6-7H2,1-5H3. The maximum absolute atomic E-state index is 5.25. The zero-order chi connectivity index (χ0) is 31.1. The maximum Gasteiger partial charge on any atom is 0.0722 e. The van der Waals surface area contributed by atoms with Gasteiger partial charge in [-0.1, -0.05) is 107 Å². The smallest absolute Gasteiger partial charge is 0.0722 e. The number of aromatic amines is 1. The Morgan fingerprint density at radius 1 is 0.556 bits per heavy atom. The van der Waals surface area contributed by atoms with E-state index in [1.165, 1.54) is 16.7 Å². The van der Waals surface area contributed by atoms with E-state index >= 15 is 0 Å². The highest BCUT2D eigenvalue weighted by atomic mass is 14.8. The maximum atomic E-state index is 5.25. The van der Waals surface area contributed by atoms with Crippen LogP contribution in [0.2, 0.25) is 0 Å². The molecule has 3 aromatic carbocycles. The number of fused-ring (bicyclic) bond motifs is 6. The summed E-state index contributed by atoms with van der Waals surface area (Å²) in [6.07, 6.45) is 14.9. The van der Waals surface area contributed by atoms with Gasteiger partial charge in [-0.2, -0.15) is 0 Å². The first kappa shape index (κ1) is 28.7. The van der Waals surface area contributed by atoms with Crippen molar-refractivity contribution in [1.82, 2.24) is 4.98 Å². The Balaban J connectivity index is 1.64. The predicted molar refractivity (Wildman–Crippen MR) is 191 cm³/mol. The van der Waals surface area contributed by atoms with Gasteiger partial charge in [0.2, 0.25) is 0 Å². The summed E-state index contributed by atoms with van der Waals surface area (Å²) in [7, 11) is 0. The van der Waals surface area contributed by atoms with Crippen molar-refractivity contribution in [1.29, 1.82) is 0 Å². The van der Waals surface area contributed by atoms with Crippen molar-refractivity contribution >= 4 is 34.7 Å². The molecule has 0 radical (unpaired) electrons. The summed E-state index contributed by atoms with van der Waals surface area (Å²) in [5.41, 5.74) is 14.6. The third-order valence-corrected chi connectivity index (χ3v) is 8.91. The molecule has 0 aliphatic carbocycles. The third kappa shape index (κ3) is 5.44. The number of H-pyrrole nitrogens is 1. The normalized spacial score (nSPS) is 15.7. The first-order valence-electron chi connectivity index (χ1n) is 16.0. The summed E-state index contributed by atoms with van der Waals surface area (Å²) in [5.74, 6) is 0. The van der Waals surface area contributed by atoms with Crippen LogP contribution in [-0.4, -0.2) is 16.4 Å². The number of benzene rings is 3. The Hall–Kier alpha value is -5.02. The molecule has 1 N–H and O–H groups in total. The lowest BCUT2D eigenvalue weighted by Gasteiger charge is -2.24. The molecule has 3 nitrogen and oxygen atoms in total. The van der Waals surface area contributed by atoms with Crippen molar-refractivity contribution in [2.24, 2.45) is 9.98 Å². The lowest BCUT2D eigenvalue weighted by molar-refractivity contribution is 0.590. The van der Waals surface area contributed by atoms with Crippen LogP contribution in [0.3, 0.4) is 0 Å². The number of nitrogens with one attached hydrogen (secondary N) is 1. The number of aliphatic imine (C=N–C) groups is 2. The van der Waals surface area contributed by atoms with Gasteiger partial charge in [0, 0.05) is 21.8 Å². The summed E-state index contributed by atoms with van der Waals surface area (Å²) in [4.78, 5) is 14.3. The number of nitrogens with zero attached hydrogens (tertiary/aromatic N) is 2. The quantitative estimate of drug-likeness (QED) is 0.251. The van der Waals surface area contributed by atoms with Crippen molar-refractivity contribution in [2.75, 3.05) is 0 Å². The molecular weight excluding hydrogens is 546 g/mol. The van der Waals surface area contributed by atoms with Crippen LogP contribution in [0.1, 0.15) is 73.6 Å². The van der Waals surface area contributed by atoms with Gasteiger partial charge in [0.05, 0.1) is 22.8 Å². The van der Waals surface area contributed by atoms with Crippen LogP contribution in [-0.2, 0) is 18.3 Å². The molecule has 4 aromatic rings. The number of allylic oxidation sites excluding steroid dienone is 4. The van der Waals surface area contributed by atoms with Crippen LogP contribution in [0, 0.1) is 0 Å². The fraction of sp³-hybridized carbons (Fsp3) is 0.190. The molecule has 0 spiro atoms. The van der Waals surface area contributed by atoms with Crippen LogP contribution in [0.15, 0.2) is 125 Å². The second-order valence-electron chi connectivity index (χ2n) is 12.9. The van der Waals surface area contributed by atoms with Gasteiger partial charge in [-0.05, 0) is 99.7 Å².